The van der Waals surface area contributed by atoms with Crippen LogP contribution in [0, 0.1) is 13.8 Å². The van der Waals surface area contributed by atoms with Crippen molar-refractivity contribution in [2.24, 2.45) is 0 Å². The van der Waals surface area contributed by atoms with Crippen molar-refractivity contribution in [3.05, 3.63) is 71.5 Å². The number of anilines is 3. The van der Waals surface area contributed by atoms with Crippen LogP contribution in [0.4, 0.5) is 17.3 Å². The van der Waals surface area contributed by atoms with Gasteiger partial charge in [-0.1, -0.05) is 23.8 Å². The lowest BCUT2D eigenvalue weighted by Crippen LogP contribution is -2.13. The van der Waals surface area contributed by atoms with Crippen LogP contribution >= 0.6 is 0 Å². The van der Waals surface area contributed by atoms with Crippen LogP contribution in [0.15, 0.2) is 54.9 Å². The van der Waals surface area contributed by atoms with Crippen LogP contribution in [0.25, 0.3) is 0 Å². The summed E-state index contributed by atoms with van der Waals surface area (Å²) in [5, 5.41) is 5.93. The zero-order chi connectivity index (χ0) is 18.5. The molecule has 26 heavy (non-hydrogen) atoms. The predicted molar refractivity (Wildman–Crippen MR) is 102 cm³/mol. The normalized spacial score (nSPS) is 10.3. The van der Waals surface area contributed by atoms with E-state index in [1.807, 2.05) is 56.3 Å². The standard InChI is InChI=1S/C20H20N4O2/c1-13-4-7-16(8-5-13)23-19(25)15-11-21-20(22-12-15)24-17-10-14(2)6-9-18(17)26-3/h4-12H,1-3H3,(H,23,25)(H,21,22,24). The second-order valence-electron chi connectivity index (χ2n) is 5.94. The van der Waals surface area contributed by atoms with E-state index in [1.54, 1.807) is 7.11 Å². The summed E-state index contributed by atoms with van der Waals surface area (Å²) < 4.78 is 5.33. The number of ether oxygens (including phenoxy) is 1. The second-order valence-corrected chi connectivity index (χ2v) is 5.94. The van der Waals surface area contributed by atoms with E-state index < -0.39 is 0 Å². The number of nitrogens with one attached hydrogen (secondary N) is 2. The van der Waals surface area contributed by atoms with Crippen molar-refractivity contribution in [1.29, 1.82) is 0 Å². The Labute approximate surface area is 152 Å². The molecule has 1 amide bonds. The lowest BCUT2D eigenvalue weighted by molar-refractivity contribution is 0.102. The van der Waals surface area contributed by atoms with Gasteiger partial charge in [-0.25, -0.2) is 9.97 Å². The number of methoxy groups -OCH3 is 1. The van der Waals surface area contributed by atoms with Crippen LogP contribution < -0.4 is 15.4 Å². The number of carbonyl (C=O) groups is 1. The fraction of sp³-hybridized carbons (Fsp3) is 0.150. The highest BCUT2D eigenvalue weighted by Crippen LogP contribution is 2.27. The molecular formula is C20H20N4O2. The highest BCUT2D eigenvalue weighted by atomic mass is 16.5. The molecule has 0 fully saturated rings. The summed E-state index contributed by atoms with van der Waals surface area (Å²) in [4.78, 5) is 20.7. The van der Waals surface area contributed by atoms with Crippen LogP contribution in [0.5, 0.6) is 5.75 Å². The molecule has 0 aliphatic carbocycles. The molecule has 3 rings (SSSR count). The van der Waals surface area contributed by atoms with Gasteiger partial charge >= 0.3 is 0 Å². The summed E-state index contributed by atoms with van der Waals surface area (Å²) in [6, 6.07) is 13.4. The van der Waals surface area contributed by atoms with Gasteiger partial charge in [0.2, 0.25) is 5.95 Å². The number of nitrogens with zero attached hydrogens (tertiary/aromatic N) is 2. The Bertz CT molecular complexity index is 906. The van der Waals surface area contributed by atoms with E-state index in [-0.39, 0.29) is 5.91 Å². The summed E-state index contributed by atoms with van der Waals surface area (Å²) in [5.74, 6) is 0.828. The quantitative estimate of drug-likeness (QED) is 0.726. The third kappa shape index (κ3) is 4.16. The average molecular weight is 348 g/mol. The van der Waals surface area contributed by atoms with E-state index in [0.29, 0.717) is 17.3 Å². The number of hydrogen-bond acceptors (Lipinski definition) is 5. The van der Waals surface area contributed by atoms with Gasteiger partial charge < -0.3 is 15.4 Å². The molecule has 0 aliphatic rings. The monoisotopic (exact) mass is 348 g/mol. The van der Waals surface area contributed by atoms with Crippen LogP contribution in [0.1, 0.15) is 21.5 Å². The van der Waals surface area contributed by atoms with Gasteiger partial charge in [0.05, 0.1) is 18.4 Å². The smallest absolute Gasteiger partial charge is 0.258 e. The molecule has 0 atom stereocenters. The molecule has 3 aromatic rings. The third-order valence-electron chi connectivity index (χ3n) is 3.82. The summed E-state index contributed by atoms with van der Waals surface area (Å²) in [6.45, 7) is 3.98. The molecular weight excluding hydrogens is 328 g/mol. The Hall–Kier alpha value is -3.41. The Morgan fingerprint density at radius 3 is 2.27 bits per heavy atom. The maximum atomic E-state index is 12.3. The minimum Gasteiger partial charge on any atom is -0.495 e. The topological polar surface area (TPSA) is 76.1 Å². The number of benzene rings is 2. The summed E-state index contributed by atoms with van der Waals surface area (Å²) in [7, 11) is 1.61. The van der Waals surface area contributed by atoms with Crippen molar-refractivity contribution in [2.45, 2.75) is 13.8 Å². The van der Waals surface area contributed by atoms with E-state index >= 15 is 0 Å². The van der Waals surface area contributed by atoms with Gasteiger partial charge in [-0.3, -0.25) is 4.79 Å². The van der Waals surface area contributed by atoms with Crippen molar-refractivity contribution >= 4 is 23.2 Å². The number of hydrogen-bond donors (Lipinski definition) is 2. The molecule has 1 aromatic heterocycles. The molecule has 132 valence electrons. The lowest BCUT2D eigenvalue weighted by Gasteiger charge is -2.11. The van der Waals surface area contributed by atoms with Gasteiger partial charge in [0.25, 0.3) is 5.91 Å². The van der Waals surface area contributed by atoms with E-state index in [0.717, 1.165) is 22.5 Å². The zero-order valence-corrected chi connectivity index (χ0v) is 14.9. The zero-order valence-electron chi connectivity index (χ0n) is 14.9. The molecule has 2 aromatic carbocycles. The van der Waals surface area contributed by atoms with Gasteiger partial charge in [-0.15, -0.1) is 0 Å². The molecule has 0 saturated heterocycles. The fourth-order valence-corrected chi connectivity index (χ4v) is 2.39. The number of aromatic nitrogens is 2. The van der Waals surface area contributed by atoms with E-state index in [9.17, 15) is 4.79 Å². The van der Waals surface area contributed by atoms with Crippen LogP contribution in [0.3, 0.4) is 0 Å². The van der Waals surface area contributed by atoms with Gasteiger partial charge in [-0.2, -0.15) is 0 Å². The highest BCUT2D eigenvalue weighted by molar-refractivity contribution is 6.03. The van der Waals surface area contributed by atoms with Gasteiger partial charge in [0.15, 0.2) is 0 Å². The van der Waals surface area contributed by atoms with Crippen molar-refractivity contribution in [1.82, 2.24) is 9.97 Å². The Balaban J connectivity index is 1.71. The molecule has 0 spiro atoms. The number of carbonyl (C=O) groups excluding carboxylic acids is 1. The number of rotatable bonds is 5. The largest absolute Gasteiger partial charge is 0.495 e. The first-order valence-electron chi connectivity index (χ1n) is 8.17. The van der Waals surface area contributed by atoms with Crippen molar-refractivity contribution in [3.63, 3.8) is 0 Å². The Morgan fingerprint density at radius 1 is 0.962 bits per heavy atom. The summed E-state index contributed by atoms with van der Waals surface area (Å²) in [5.41, 5.74) is 4.10. The van der Waals surface area contributed by atoms with E-state index in [2.05, 4.69) is 20.6 Å². The molecule has 0 unspecified atom stereocenters. The summed E-state index contributed by atoms with van der Waals surface area (Å²) >= 11 is 0. The minimum atomic E-state index is -0.256. The first-order valence-corrected chi connectivity index (χ1v) is 8.17. The van der Waals surface area contributed by atoms with Crippen molar-refractivity contribution < 1.29 is 9.53 Å². The van der Waals surface area contributed by atoms with Gasteiger partial charge in [0.1, 0.15) is 5.75 Å². The average Bonchev–Trinajstić information content (AvgIpc) is 2.64. The molecule has 0 saturated carbocycles. The minimum absolute atomic E-state index is 0.256. The first kappa shape index (κ1) is 17.4. The lowest BCUT2D eigenvalue weighted by atomic mass is 10.2. The molecule has 1 heterocycles. The van der Waals surface area contributed by atoms with Gasteiger partial charge in [-0.05, 0) is 43.7 Å². The fourth-order valence-electron chi connectivity index (χ4n) is 2.39. The van der Waals surface area contributed by atoms with Crippen LogP contribution in [-0.4, -0.2) is 23.0 Å². The molecule has 0 bridgehead atoms. The molecule has 0 radical (unpaired) electrons. The Morgan fingerprint density at radius 2 is 1.62 bits per heavy atom. The highest BCUT2D eigenvalue weighted by Gasteiger charge is 2.09. The van der Waals surface area contributed by atoms with Crippen molar-refractivity contribution in [3.8, 4) is 5.75 Å². The second kappa shape index (κ2) is 7.65. The molecule has 6 nitrogen and oxygen atoms in total. The predicted octanol–water partition coefficient (Wildman–Crippen LogP) is 4.10. The van der Waals surface area contributed by atoms with Crippen molar-refractivity contribution in [2.75, 3.05) is 17.7 Å². The maximum Gasteiger partial charge on any atom is 0.258 e. The maximum absolute atomic E-state index is 12.3. The molecule has 0 aliphatic heterocycles. The first-order chi connectivity index (χ1) is 12.5. The molecule has 6 heteroatoms. The molecule has 2 N–H and O–H groups in total. The summed E-state index contributed by atoms with van der Waals surface area (Å²) in [6.07, 6.45) is 2.97. The number of aryl methyl sites for hydroxylation is 2. The van der Waals surface area contributed by atoms with Gasteiger partial charge in [0, 0.05) is 18.1 Å². The van der Waals surface area contributed by atoms with Crippen LogP contribution in [-0.2, 0) is 0 Å². The number of amides is 1. The van der Waals surface area contributed by atoms with E-state index in [1.165, 1.54) is 12.4 Å². The van der Waals surface area contributed by atoms with Crippen LogP contribution in [0.2, 0.25) is 0 Å². The Kier molecular flexibility index (Phi) is 5.12. The van der Waals surface area contributed by atoms with E-state index in [4.69, 9.17) is 4.74 Å². The SMILES string of the molecule is COc1ccc(C)cc1Nc1ncc(C(=O)Nc2ccc(C)cc2)cn1. The third-order valence-corrected chi connectivity index (χ3v) is 3.82.